The van der Waals surface area contributed by atoms with Crippen LogP contribution >= 0.6 is 15.9 Å². The van der Waals surface area contributed by atoms with E-state index in [9.17, 15) is 9.59 Å². The van der Waals surface area contributed by atoms with Crippen LogP contribution in [0.1, 0.15) is 38.1 Å². The van der Waals surface area contributed by atoms with E-state index in [0.29, 0.717) is 28.5 Å². The van der Waals surface area contributed by atoms with Crippen molar-refractivity contribution in [3.8, 4) is 11.5 Å². The first-order valence-electron chi connectivity index (χ1n) is 7.76. The summed E-state index contributed by atoms with van der Waals surface area (Å²) in [5.41, 5.74) is 0.274. The van der Waals surface area contributed by atoms with Gasteiger partial charge in [0, 0.05) is 6.04 Å². The van der Waals surface area contributed by atoms with Gasteiger partial charge < -0.3 is 19.5 Å². The van der Waals surface area contributed by atoms with Crippen LogP contribution in [0.4, 0.5) is 0 Å². The van der Waals surface area contributed by atoms with Crippen LogP contribution in [0.5, 0.6) is 11.5 Å². The first-order valence-corrected chi connectivity index (χ1v) is 8.56. The summed E-state index contributed by atoms with van der Waals surface area (Å²) in [6, 6.07) is 3.11. The van der Waals surface area contributed by atoms with Gasteiger partial charge >= 0.3 is 5.97 Å². The first-order chi connectivity index (χ1) is 11.3. The Labute approximate surface area is 151 Å². The molecule has 1 atom stereocenters. The number of ether oxygens (including phenoxy) is 3. The Kier molecular flexibility index (Phi) is 8.04. The van der Waals surface area contributed by atoms with E-state index in [4.69, 9.17) is 14.2 Å². The minimum absolute atomic E-state index is 0.0101. The van der Waals surface area contributed by atoms with Crippen LogP contribution in [-0.2, 0) is 9.53 Å². The third-order valence-electron chi connectivity index (χ3n) is 3.47. The van der Waals surface area contributed by atoms with Crippen molar-refractivity contribution < 1.29 is 23.8 Å². The first kappa shape index (κ1) is 20.3. The summed E-state index contributed by atoms with van der Waals surface area (Å²) < 4.78 is 16.3. The number of hydrogen-bond donors (Lipinski definition) is 1. The highest BCUT2D eigenvalue weighted by molar-refractivity contribution is 9.10. The Balaban J connectivity index is 2.76. The summed E-state index contributed by atoms with van der Waals surface area (Å²) in [5.74, 6) is 0.292. The van der Waals surface area contributed by atoms with Crippen LogP contribution in [-0.4, -0.2) is 38.2 Å². The molecule has 0 aliphatic carbocycles. The van der Waals surface area contributed by atoms with Gasteiger partial charge in [-0.3, -0.25) is 4.79 Å². The van der Waals surface area contributed by atoms with E-state index in [0.717, 1.165) is 0 Å². The molecule has 6 nitrogen and oxygen atoms in total. The molecule has 0 radical (unpaired) electrons. The zero-order valence-corrected chi connectivity index (χ0v) is 16.2. The Morgan fingerprint density at radius 1 is 1.25 bits per heavy atom. The molecule has 1 aromatic carbocycles. The van der Waals surface area contributed by atoms with Gasteiger partial charge in [0.1, 0.15) is 0 Å². The second kappa shape index (κ2) is 9.52. The molecule has 0 saturated carbocycles. The second-order valence-corrected chi connectivity index (χ2v) is 6.45. The van der Waals surface area contributed by atoms with Crippen molar-refractivity contribution in [3.05, 3.63) is 22.2 Å². The van der Waals surface area contributed by atoms with Gasteiger partial charge in [-0.2, -0.15) is 0 Å². The number of amides is 1. The Hall–Kier alpha value is -1.76. The molecule has 24 heavy (non-hydrogen) atoms. The molecule has 1 aromatic rings. The summed E-state index contributed by atoms with van der Waals surface area (Å²) in [5, 5.41) is 2.78. The molecule has 0 bridgehead atoms. The number of methoxy groups -OCH3 is 1. The molecule has 1 amide bonds. The van der Waals surface area contributed by atoms with Gasteiger partial charge in [0.25, 0.3) is 5.91 Å². The SMILES string of the molecule is CCOc1cc(C(=O)OCC(=O)N[C@@H](C)C(C)C)cc(Br)c1OC. The summed E-state index contributed by atoms with van der Waals surface area (Å²) >= 11 is 3.33. The van der Waals surface area contributed by atoms with E-state index in [1.165, 1.54) is 13.2 Å². The summed E-state index contributed by atoms with van der Waals surface area (Å²) in [7, 11) is 1.51. The fraction of sp³-hybridized carbons (Fsp3) is 0.529. The van der Waals surface area contributed by atoms with Crippen LogP contribution in [0, 0.1) is 5.92 Å². The lowest BCUT2D eigenvalue weighted by Crippen LogP contribution is -2.38. The van der Waals surface area contributed by atoms with E-state index in [-0.39, 0.29) is 24.1 Å². The topological polar surface area (TPSA) is 73.9 Å². The molecule has 0 aliphatic rings. The van der Waals surface area contributed by atoms with Gasteiger partial charge in [-0.25, -0.2) is 4.79 Å². The standard InChI is InChI=1S/C17H24BrNO5/c1-6-23-14-8-12(7-13(18)16(14)22-5)17(21)24-9-15(20)19-11(4)10(2)3/h7-8,10-11H,6,9H2,1-5H3,(H,19,20)/t11-/m0/s1. The van der Waals surface area contributed by atoms with Gasteiger partial charge in [0.2, 0.25) is 0 Å². The van der Waals surface area contributed by atoms with Gasteiger partial charge in [-0.05, 0) is 47.8 Å². The number of halogens is 1. The summed E-state index contributed by atoms with van der Waals surface area (Å²) in [6.07, 6.45) is 0. The predicted octanol–water partition coefficient (Wildman–Crippen LogP) is 3.17. The fourth-order valence-electron chi connectivity index (χ4n) is 1.82. The van der Waals surface area contributed by atoms with Crippen LogP contribution < -0.4 is 14.8 Å². The number of carbonyl (C=O) groups excluding carboxylic acids is 2. The summed E-state index contributed by atoms with van der Waals surface area (Å²) in [6.45, 7) is 7.83. The number of hydrogen-bond acceptors (Lipinski definition) is 5. The number of rotatable bonds is 8. The Morgan fingerprint density at radius 3 is 2.46 bits per heavy atom. The maximum atomic E-state index is 12.2. The zero-order chi connectivity index (χ0) is 18.3. The highest BCUT2D eigenvalue weighted by Gasteiger charge is 2.18. The molecule has 1 rings (SSSR count). The van der Waals surface area contributed by atoms with Crippen LogP contribution in [0.2, 0.25) is 0 Å². The molecule has 0 aromatic heterocycles. The molecule has 7 heteroatoms. The monoisotopic (exact) mass is 401 g/mol. The molecule has 0 saturated heterocycles. The quantitative estimate of drug-likeness (QED) is 0.677. The zero-order valence-electron chi connectivity index (χ0n) is 14.6. The number of benzene rings is 1. The average molecular weight is 402 g/mol. The van der Waals surface area contributed by atoms with Crippen LogP contribution in [0.3, 0.4) is 0 Å². The lowest BCUT2D eigenvalue weighted by Gasteiger charge is -2.17. The number of nitrogens with one attached hydrogen (secondary N) is 1. The Morgan fingerprint density at radius 2 is 1.92 bits per heavy atom. The average Bonchev–Trinajstić information content (AvgIpc) is 2.52. The predicted molar refractivity (Wildman–Crippen MR) is 94.6 cm³/mol. The lowest BCUT2D eigenvalue weighted by molar-refractivity contribution is -0.125. The molecule has 134 valence electrons. The highest BCUT2D eigenvalue weighted by Crippen LogP contribution is 2.36. The number of carbonyl (C=O) groups is 2. The van der Waals surface area contributed by atoms with E-state index in [2.05, 4.69) is 21.2 Å². The summed E-state index contributed by atoms with van der Waals surface area (Å²) in [4.78, 5) is 23.9. The van der Waals surface area contributed by atoms with E-state index in [1.54, 1.807) is 6.07 Å². The molecular weight excluding hydrogens is 378 g/mol. The molecular formula is C17H24BrNO5. The van der Waals surface area contributed by atoms with Gasteiger partial charge in [-0.1, -0.05) is 13.8 Å². The Bertz CT molecular complexity index is 589. The van der Waals surface area contributed by atoms with Crippen molar-refractivity contribution >= 4 is 27.8 Å². The fourth-order valence-corrected chi connectivity index (χ4v) is 2.43. The van der Waals surface area contributed by atoms with Gasteiger partial charge in [0.15, 0.2) is 18.1 Å². The van der Waals surface area contributed by atoms with E-state index in [1.807, 2.05) is 27.7 Å². The van der Waals surface area contributed by atoms with Crippen LogP contribution in [0.15, 0.2) is 16.6 Å². The number of esters is 1. The van der Waals surface area contributed by atoms with E-state index >= 15 is 0 Å². The van der Waals surface area contributed by atoms with Crippen LogP contribution in [0.25, 0.3) is 0 Å². The molecule has 0 spiro atoms. The van der Waals surface area contributed by atoms with E-state index < -0.39 is 5.97 Å². The van der Waals surface area contributed by atoms with Crippen molar-refractivity contribution in [1.29, 1.82) is 0 Å². The van der Waals surface area contributed by atoms with Gasteiger partial charge in [-0.15, -0.1) is 0 Å². The molecule has 0 aliphatic heterocycles. The lowest BCUT2D eigenvalue weighted by atomic mass is 10.1. The van der Waals surface area contributed by atoms with Crippen molar-refractivity contribution in [2.75, 3.05) is 20.3 Å². The largest absolute Gasteiger partial charge is 0.492 e. The van der Waals surface area contributed by atoms with Crippen molar-refractivity contribution in [2.45, 2.75) is 33.7 Å². The molecule has 0 unspecified atom stereocenters. The maximum Gasteiger partial charge on any atom is 0.338 e. The van der Waals surface area contributed by atoms with Crippen molar-refractivity contribution in [1.82, 2.24) is 5.32 Å². The smallest absolute Gasteiger partial charge is 0.338 e. The minimum atomic E-state index is -0.605. The second-order valence-electron chi connectivity index (χ2n) is 5.60. The van der Waals surface area contributed by atoms with Crippen molar-refractivity contribution in [3.63, 3.8) is 0 Å². The normalized spacial score (nSPS) is 11.8. The highest BCUT2D eigenvalue weighted by atomic mass is 79.9. The third-order valence-corrected chi connectivity index (χ3v) is 4.06. The molecule has 0 heterocycles. The minimum Gasteiger partial charge on any atom is -0.492 e. The molecule has 0 fully saturated rings. The maximum absolute atomic E-state index is 12.2. The van der Waals surface area contributed by atoms with Crippen molar-refractivity contribution in [2.24, 2.45) is 5.92 Å². The molecule has 1 N–H and O–H groups in total. The third kappa shape index (κ3) is 5.70. The van der Waals surface area contributed by atoms with Gasteiger partial charge in [0.05, 0.1) is 23.8 Å².